The Morgan fingerprint density at radius 3 is 2.45 bits per heavy atom. The van der Waals surface area contributed by atoms with Gasteiger partial charge >= 0.3 is 0 Å². The number of aromatic nitrogens is 3. The highest BCUT2D eigenvalue weighted by atomic mass is 35.5. The van der Waals surface area contributed by atoms with Gasteiger partial charge in [-0.1, -0.05) is 35.9 Å². The van der Waals surface area contributed by atoms with Gasteiger partial charge in [-0.2, -0.15) is 0 Å². The molecule has 0 aliphatic carbocycles. The summed E-state index contributed by atoms with van der Waals surface area (Å²) in [6, 6.07) is 9.86. The van der Waals surface area contributed by atoms with Crippen molar-refractivity contribution in [3.05, 3.63) is 59.8 Å². The number of ether oxygens (including phenoxy) is 2. The highest BCUT2D eigenvalue weighted by Crippen LogP contribution is 2.31. The lowest BCUT2D eigenvalue weighted by atomic mass is 9.96. The first-order valence-corrected chi connectivity index (χ1v) is 9.94. The van der Waals surface area contributed by atoms with E-state index in [9.17, 15) is 0 Å². The van der Waals surface area contributed by atoms with Gasteiger partial charge in [0, 0.05) is 56.2 Å². The van der Waals surface area contributed by atoms with Crippen LogP contribution in [-0.4, -0.2) is 47.4 Å². The van der Waals surface area contributed by atoms with Crippen molar-refractivity contribution in [1.29, 1.82) is 0 Å². The molecule has 1 aromatic carbocycles. The highest BCUT2D eigenvalue weighted by Gasteiger charge is 2.25. The minimum absolute atomic E-state index is 0. The molecule has 6 nitrogen and oxygen atoms in total. The maximum atomic E-state index is 5.86. The summed E-state index contributed by atoms with van der Waals surface area (Å²) in [5.74, 6) is 1.14. The topological polar surface area (TPSA) is 69.2 Å². The number of hydrogen-bond acceptors (Lipinski definition) is 6. The smallest absolute Gasteiger partial charge is 0.236 e. The van der Waals surface area contributed by atoms with Crippen molar-refractivity contribution in [3.8, 4) is 5.88 Å². The van der Waals surface area contributed by atoms with Crippen LogP contribution in [0.1, 0.15) is 24.5 Å². The molecule has 0 amide bonds. The third-order valence-electron chi connectivity index (χ3n) is 4.92. The summed E-state index contributed by atoms with van der Waals surface area (Å²) >= 11 is 5.71. The van der Waals surface area contributed by atoms with E-state index in [1.807, 2.05) is 30.3 Å². The molecule has 0 atom stereocenters. The van der Waals surface area contributed by atoms with Crippen LogP contribution >= 0.6 is 24.0 Å². The first kappa shape index (κ1) is 21.7. The van der Waals surface area contributed by atoms with Crippen LogP contribution in [0.4, 0.5) is 0 Å². The van der Waals surface area contributed by atoms with Crippen LogP contribution in [-0.2, 0) is 4.74 Å². The molecule has 0 unspecified atom stereocenters. The fourth-order valence-electron chi connectivity index (χ4n) is 3.24. The van der Waals surface area contributed by atoms with E-state index in [0.29, 0.717) is 17.0 Å². The fourth-order valence-corrected chi connectivity index (χ4v) is 3.40. The molecule has 4 heterocycles. The van der Waals surface area contributed by atoms with Gasteiger partial charge in [0.2, 0.25) is 5.88 Å². The second-order valence-corrected chi connectivity index (χ2v) is 7.27. The first-order chi connectivity index (χ1) is 13.8. The number of rotatable bonds is 3. The number of fused-ring (bicyclic) bond motifs is 1. The molecule has 2 fully saturated rings. The van der Waals surface area contributed by atoms with Crippen molar-refractivity contribution >= 4 is 34.8 Å². The molecule has 0 radical (unpaired) electrons. The highest BCUT2D eigenvalue weighted by molar-refractivity contribution is 6.30. The molecule has 8 heteroatoms. The number of nitrogens with one attached hydrogen (secondary N) is 1. The molecule has 29 heavy (non-hydrogen) atoms. The van der Waals surface area contributed by atoms with E-state index in [4.69, 9.17) is 21.1 Å². The van der Waals surface area contributed by atoms with E-state index < -0.39 is 0 Å². The van der Waals surface area contributed by atoms with Crippen LogP contribution in [0, 0.1) is 0 Å². The number of hydrogen-bond donors (Lipinski definition) is 1. The second kappa shape index (κ2) is 10.7. The third-order valence-corrected chi connectivity index (χ3v) is 5.13. The number of benzene rings is 1. The third kappa shape index (κ3) is 5.76. The summed E-state index contributed by atoms with van der Waals surface area (Å²) in [5, 5.41) is 5.99. The maximum absolute atomic E-state index is 5.86. The molecule has 1 N–H and O–H groups in total. The summed E-state index contributed by atoms with van der Waals surface area (Å²) in [4.78, 5) is 12.7. The Kier molecular flexibility index (Phi) is 8.00. The Morgan fingerprint density at radius 2 is 1.72 bits per heavy atom. The molecule has 154 valence electrons. The van der Waals surface area contributed by atoms with Crippen LogP contribution in [0.3, 0.4) is 0 Å². The Balaban J connectivity index is 0.000000174. The Morgan fingerprint density at radius 1 is 1.00 bits per heavy atom. The van der Waals surface area contributed by atoms with Crippen LogP contribution < -0.4 is 10.1 Å². The normalized spacial score (nSPS) is 16.9. The molecule has 0 saturated carbocycles. The van der Waals surface area contributed by atoms with Crippen LogP contribution in [0.5, 0.6) is 5.88 Å². The van der Waals surface area contributed by atoms with Crippen molar-refractivity contribution in [1.82, 2.24) is 20.3 Å². The molecule has 2 aliphatic heterocycles. The lowest BCUT2D eigenvalue weighted by Gasteiger charge is -2.29. The minimum atomic E-state index is 0. The van der Waals surface area contributed by atoms with E-state index in [-0.39, 0.29) is 18.5 Å². The molecule has 0 spiro atoms. The quantitative estimate of drug-likeness (QED) is 0.627. The molecule has 0 bridgehead atoms. The van der Waals surface area contributed by atoms with Gasteiger partial charge in [-0.3, -0.25) is 4.98 Å². The average Bonchev–Trinajstić information content (AvgIpc) is 2.72. The zero-order valence-corrected chi connectivity index (χ0v) is 17.5. The largest absolute Gasteiger partial charge is 0.470 e. The summed E-state index contributed by atoms with van der Waals surface area (Å²) in [6.07, 6.45) is 7.50. The molecule has 2 saturated heterocycles. The zero-order valence-electron chi connectivity index (χ0n) is 16.0. The van der Waals surface area contributed by atoms with E-state index in [2.05, 4.69) is 20.3 Å². The average molecular weight is 435 g/mol. The predicted octanol–water partition coefficient (Wildman–Crippen LogP) is 4.03. The summed E-state index contributed by atoms with van der Waals surface area (Å²) in [6.45, 7) is 3.44. The van der Waals surface area contributed by atoms with E-state index >= 15 is 0 Å². The van der Waals surface area contributed by atoms with E-state index in [1.165, 1.54) is 0 Å². The van der Waals surface area contributed by atoms with Crippen LogP contribution in [0.15, 0.2) is 48.9 Å². The number of nitrogens with zero attached hydrogens (tertiary/aromatic N) is 3. The zero-order chi connectivity index (χ0) is 19.2. The lowest BCUT2D eigenvalue weighted by Crippen LogP contribution is -2.50. The minimum Gasteiger partial charge on any atom is -0.470 e. The van der Waals surface area contributed by atoms with Crippen molar-refractivity contribution in [3.63, 3.8) is 0 Å². The SMILES string of the molecule is Cl.Clc1cc2ccccc2cn1.c1cnc(C2CCOCC2)c(OC2CNC2)n1. The van der Waals surface area contributed by atoms with Crippen molar-refractivity contribution in [2.45, 2.75) is 24.9 Å². The standard InChI is InChI=1S/C12H17N3O2.C9H6ClN.ClH/c1-5-16-6-2-9(1)11-12(15-4-3-14-11)17-10-7-13-8-10;10-9-5-7-3-1-2-4-8(7)6-11-9;/h3-4,9-10,13H,1-2,5-8H2;1-6H;1H. The summed E-state index contributed by atoms with van der Waals surface area (Å²) in [7, 11) is 0. The first-order valence-electron chi connectivity index (χ1n) is 9.56. The maximum Gasteiger partial charge on any atom is 0.236 e. The van der Waals surface area contributed by atoms with Crippen molar-refractivity contribution < 1.29 is 9.47 Å². The molecule has 5 rings (SSSR count). The Bertz CT molecular complexity index is 918. The summed E-state index contributed by atoms with van der Waals surface area (Å²) < 4.78 is 11.2. The molecular weight excluding hydrogens is 411 g/mol. The summed E-state index contributed by atoms with van der Waals surface area (Å²) in [5.41, 5.74) is 1.00. The van der Waals surface area contributed by atoms with Crippen molar-refractivity contribution in [2.24, 2.45) is 0 Å². The Hall–Kier alpha value is -1.99. The van der Waals surface area contributed by atoms with Gasteiger partial charge in [0.25, 0.3) is 0 Å². The van der Waals surface area contributed by atoms with Crippen molar-refractivity contribution in [2.75, 3.05) is 26.3 Å². The Labute approximate surface area is 181 Å². The molecule has 2 aliphatic rings. The second-order valence-electron chi connectivity index (χ2n) is 6.89. The van der Waals surface area contributed by atoms with Gasteiger partial charge < -0.3 is 14.8 Å². The van der Waals surface area contributed by atoms with Crippen LogP contribution in [0.25, 0.3) is 10.8 Å². The van der Waals surface area contributed by atoms with E-state index in [0.717, 1.165) is 55.6 Å². The van der Waals surface area contributed by atoms with Gasteiger partial charge in [0.15, 0.2) is 0 Å². The monoisotopic (exact) mass is 434 g/mol. The van der Waals surface area contributed by atoms with Gasteiger partial charge in [-0.05, 0) is 24.3 Å². The van der Waals surface area contributed by atoms with Gasteiger partial charge in [-0.15, -0.1) is 12.4 Å². The molecular formula is C21H24Cl2N4O2. The van der Waals surface area contributed by atoms with Gasteiger partial charge in [0.05, 0.1) is 0 Å². The molecule has 3 aromatic rings. The predicted molar refractivity (Wildman–Crippen MR) is 116 cm³/mol. The lowest BCUT2D eigenvalue weighted by molar-refractivity contribution is 0.0814. The van der Waals surface area contributed by atoms with Crippen LogP contribution in [0.2, 0.25) is 5.15 Å². The number of pyridine rings is 1. The fraction of sp³-hybridized carbons (Fsp3) is 0.381. The van der Waals surface area contributed by atoms with Gasteiger partial charge in [0.1, 0.15) is 17.0 Å². The van der Waals surface area contributed by atoms with Gasteiger partial charge in [-0.25, -0.2) is 9.97 Å². The van der Waals surface area contributed by atoms with E-state index in [1.54, 1.807) is 18.6 Å². The number of halogens is 2. The molecule has 2 aromatic heterocycles.